The van der Waals surface area contributed by atoms with E-state index in [1.165, 1.54) is 17.0 Å². The van der Waals surface area contributed by atoms with E-state index in [-0.39, 0.29) is 0 Å². The Morgan fingerprint density at radius 2 is 1.95 bits per heavy atom. The molecule has 3 heteroatoms. The van der Waals surface area contributed by atoms with Crippen molar-refractivity contribution in [2.45, 2.75) is 27.3 Å². The van der Waals surface area contributed by atoms with Crippen LogP contribution >= 0.6 is 0 Å². The molecule has 0 radical (unpaired) electrons. The molecule has 0 fully saturated rings. The number of benzene rings is 1. The zero-order valence-corrected chi connectivity index (χ0v) is 12.2. The zero-order chi connectivity index (χ0) is 13.8. The van der Waals surface area contributed by atoms with Crippen LogP contribution in [0.3, 0.4) is 0 Å². The van der Waals surface area contributed by atoms with Gasteiger partial charge in [-0.25, -0.2) is 0 Å². The molecule has 0 atom stereocenters. The van der Waals surface area contributed by atoms with Crippen molar-refractivity contribution in [1.82, 2.24) is 4.57 Å². The number of aromatic nitrogens is 1. The average Bonchev–Trinajstić information content (AvgIpc) is 2.66. The molecule has 2 aromatic rings. The van der Waals surface area contributed by atoms with Gasteiger partial charge in [0.15, 0.2) is 0 Å². The monoisotopic (exact) mass is 258 g/mol. The second kappa shape index (κ2) is 5.83. The van der Waals surface area contributed by atoms with E-state index >= 15 is 0 Å². The molecule has 102 valence electrons. The first-order valence-corrected chi connectivity index (χ1v) is 6.71. The van der Waals surface area contributed by atoms with Crippen LogP contribution in [0.25, 0.3) is 0 Å². The normalized spacial score (nSPS) is 10.5. The van der Waals surface area contributed by atoms with Gasteiger partial charge in [-0.3, -0.25) is 0 Å². The first kappa shape index (κ1) is 13.5. The molecule has 19 heavy (non-hydrogen) atoms. The average molecular weight is 258 g/mol. The lowest BCUT2D eigenvalue weighted by molar-refractivity contribution is 0.341. The van der Waals surface area contributed by atoms with E-state index in [0.29, 0.717) is 6.61 Å². The summed E-state index contributed by atoms with van der Waals surface area (Å²) < 4.78 is 7.83. The van der Waals surface area contributed by atoms with Crippen molar-refractivity contribution in [3.05, 3.63) is 47.3 Å². The van der Waals surface area contributed by atoms with Crippen molar-refractivity contribution in [3.63, 3.8) is 0 Å². The first-order valence-electron chi connectivity index (χ1n) is 6.71. The number of hydrogen-bond donors (Lipinski definition) is 1. The first-order chi connectivity index (χ1) is 9.13. The minimum atomic E-state index is 0.683. The number of nitrogens with zero attached hydrogens (tertiary/aromatic N) is 1. The fraction of sp³-hybridized carbons (Fsp3) is 0.375. The highest BCUT2D eigenvalue weighted by atomic mass is 16.5. The summed E-state index contributed by atoms with van der Waals surface area (Å²) in [5.74, 6) is 0.912. The van der Waals surface area contributed by atoms with Gasteiger partial charge < -0.3 is 14.6 Å². The molecule has 0 bridgehead atoms. The summed E-state index contributed by atoms with van der Waals surface area (Å²) in [6, 6.07) is 10.3. The second-order valence-electron chi connectivity index (χ2n) is 4.74. The van der Waals surface area contributed by atoms with Crippen molar-refractivity contribution in [2.24, 2.45) is 7.05 Å². The number of hydrogen-bond acceptors (Lipinski definition) is 2. The topological polar surface area (TPSA) is 26.2 Å². The number of rotatable bonds is 5. The van der Waals surface area contributed by atoms with Gasteiger partial charge in [0.2, 0.25) is 0 Å². The molecule has 1 aromatic heterocycles. The molecule has 0 saturated heterocycles. The molecule has 1 heterocycles. The van der Waals surface area contributed by atoms with Gasteiger partial charge in [-0.2, -0.15) is 0 Å². The number of ether oxygens (including phenoxy) is 1. The molecule has 1 aromatic carbocycles. The van der Waals surface area contributed by atoms with Crippen molar-refractivity contribution >= 4 is 5.69 Å². The van der Waals surface area contributed by atoms with Gasteiger partial charge in [-0.15, -0.1) is 0 Å². The van der Waals surface area contributed by atoms with Gasteiger partial charge in [0.1, 0.15) is 5.75 Å². The number of anilines is 1. The maximum atomic E-state index is 5.62. The fourth-order valence-electron chi connectivity index (χ4n) is 2.20. The molecule has 3 nitrogen and oxygen atoms in total. The SMILES string of the molecule is CCOc1ccccc1NCc1cc(C)n(C)c1C. The molecule has 1 N–H and O–H groups in total. The summed E-state index contributed by atoms with van der Waals surface area (Å²) in [4.78, 5) is 0. The van der Waals surface area contributed by atoms with Crippen LogP contribution < -0.4 is 10.1 Å². The van der Waals surface area contributed by atoms with Crippen LogP contribution in [0, 0.1) is 13.8 Å². The highest BCUT2D eigenvalue weighted by Gasteiger charge is 2.07. The third-order valence-corrected chi connectivity index (χ3v) is 3.54. The van der Waals surface area contributed by atoms with Crippen LogP contribution in [0.2, 0.25) is 0 Å². The van der Waals surface area contributed by atoms with Crippen molar-refractivity contribution in [3.8, 4) is 5.75 Å². The lowest BCUT2D eigenvalue weighted by Gasteiger charge is -2.12. The largest absolute Gasteiger partial charge is 0.492 e. The van der Waals surface area contributed by atoms with E-state index in [2.05, 4.69) is 42.9 Å². The Labute approximate surface area is 115 Å². The molecule has 2 rings (SSSR count). The van der Waals surface area contributed by atoms with Gasteiger partial charge in [0, 0.05) is 25.0 Å². The fourth-order valence-corrected chi connectivity index (χ4v) is 2.20. The molecule has 0 aliphatic rings. The van der Waals surface area contributed by atoms with Crippen molar-refractivity contribution in [1.29, 1.82) is 0 Å². The van der Waals surface area contributed by atoms with Crippen LogP contribution in [0.5, 0.6) is 5.75 Å². The lowest BCUT2D eigenvalue weighted by Crippen LogP contribution is -2.03. The van der Waals surface area contributed by atoms with Gasteiger partial charge in [-0.1, -0.05) is 12.1 Å². The Bertz CT molecular complexity index is 558. The predicted octanol–water partition coefficient (Wildman–Crippen LogP) is 3.65. The maximum absolute atomic E-state index is 5.62. The third-order valence-electron chi connectivity index (χ3n) is 3.54. The van der Waals surface area contributed by atoms with E-state index in [0.717, 1.165) is 18.0 Å². The summed E-state index contributed by atoms with van der Waals surface area (Å²) in [5.41, 5.74) is 4.96. The van der Waals surface area contributed by atoms with Gasteiger partial charge >= 0.3 is 0 Å². The molecule has 0 spiro atoms. The summed E-state index contributed by atoms with van der Waals surface area (Å²) in [7, 11) is 2.10. The summed E-state index contributed by atoms with van der Waals surface area (Å²) in [6.45, 7) is 7.78. The van der Waals surface area contributed by atoms with Crippen LogP contribution in [0.1, 0.15) is 23.9 Å². The van der Waals surface area contributed by atoms with Gasteiger partial charge in [-0.05, 0) is 44.5 Å². The Morgan fingerprint density at radius 1 is 1.21 bits per heavy atom. The molecular weight excluding hydrogens is 236 g/mol. The molecule has 0 unspecified atom stereocenters. The molecule has 0 amide bonds. The molecule has 0 aliphatic heterocycles. The van der Waals surface area contributed by atoms with Crippen LogP contribution in [-0.4, -0.2) is 11.2 Å². The van der Waals surface area contributed by atoms with Crippen molar-refractivity contribution in [2.75, 3.05) is 11.9 Å². The van der Waals surface area contributed by atoms with E-state index in [1.54, 1.807) is 0 Å². The minimum Gasteiger partial charge on any atom is -0.492 e. The Kier molecular flexibility index (Phi) is 4.15. The maximum Gasteiger partial charge on any atom is 0.142 e. The quantitative estimate of drug-likeness (QED) is 0.886. The summed E-state index contributed by atoms with van der Waals surface area (Å²) in [5, 5.41) is 3.46. The second-order valence-corrected chi connectivity index (χ2v) is 4.74. The Hall–Kier alpha value is -1.90. The smallest absolute Gasteiger partial charge is 0.142 e. The van der Waals surface area contributed by atoms with Crippen LogP contribution in [0.15, 0.2) is 30.3 Å². The highest BCUT2D eigenvalue weighted by Crippen LogP contribution is 2.25. The number of aryl methyl sites for hydroxylation is 1. The van der Waals surface area contributed by atoms with Gasteiger partial charge in [0.25, 0.3) is 0 Å². The Morgan fingerprint density at radius 3 is 2.58 bits per heavy atom. The molecule has 0 aliphatic carbocycles. The molecule has 0 saturated carbocycles. The van der Waals surface area contributed by atoms with E-state index in [9.17, 15) is 0 Å². The zero-order valence-electron chi connectivity index (χ0n) is 12.2. The predicted molar refractivity (Wildman–Crippen MR) is 79.8 cm³/mol. The number of nitrogens with one attached hydrogen (secondary N) is 1. The summed E-state index contributed by atoms with van der Waals surface area (Å²) in [6.07, 6.45) is 0. The van der Waals surface area contributed by atoms with E-state index in [1.807, 2.05) is 25.1 Å². The van der Waals surface area contributed by atoms with Crippen molar-refractivity contribution < 1.29 is 4.74 Å². The standard InChI is InChI=1S/C16H22N2O/c1-5-19-16-9-7-6-8-15(16)17-11-14-10-12(2)18(4)13(14)3/h6-10,17H,5,11H2,1-4H3. The van der Waals surface area contributed by atoms with Crippen LogP contribution in [0.4, 0.5) is 5.69 Å². The number of para-hydroxylation sites is 2. The van der Waals surface area contributed by atoms with E-state index in [4.69, 9.17) is 4.74 Å². The summed E-state index contributed by atoms with van der Waals surface area (Å²) >= 11 is 0. The highest BCUT2D eigenvalue weighted by molar-refractivity contribution is 5.56. The minimum absolute atomic E-state index is 0.683. The van der Waals surface area contributed by atoms with E-state index < -0.39 is 0 Å². The Balaban J connectivity index is 2.12. The van der Waals surface area contributed by atoms with Gasteiger partial charge in [0.05, 0.1) is 12.3 Å². The lowest BCUT2D eigenvalue weighted by atomic mass is 10.2. The molecular formula is C16H22N2O. The third kappa shape index (κ3) is 2.92. The van der Waals surface area contributed by atoms with Crippen LogP contribution in [-0.2, 0) is 13.6 Å².